The first-order chi connectivity index (χ1) is 14.2. The zero-order valence-electron chi connectivity index (χ0n) is 17.1. The quantitative estimate of drug-likeness (QED) is 0.678. The molecule has 1 unspecified atom stereocenters. The Bertz CT molecular complexity index is 953. The molecule has 1 aromatic carbocycles. The number of hydrogen-bond donors (Lipinski definition) is 1. The lowest BCUT2D eigenvalue weighted by atomic mass is 10.1. The van der Waals surface area contributed by atoms with Crippen LogP contribution in [0.2, 0.25) is 0 Å². The van der Waals surface area contributed by atoms with Crippen molar-refractivity contribution in [1.29, 1.82) is 0 Å². The second kappa shape index (κ2) is 10.3. The van der Waals surface area contributed by atoms with Gasteiger partial charge in [-0.1, -0.05) is 23.4 Å². The Hall–Kier alpha value is -2.77. The molecule has 0 aliphatic carbocycles. The van der Waals surface area contributed by atoms with Crippen LogP contribution in [0.4, 0.5) is 0 Å². The summed E-state index contributed by atoms with van der Waals surface area (Å²) >= 11 is 0. The predicted molar refractivity (Wildman–Crippen MR) is 118 cm³/mol. The molecule has 1 fully saturated rings. The fourth-order valence-corrected chi connectivity index (χ4v) is 3.75. The van der Waals surface area contributed by atoms with Gasteiger partial charge in [-0.3, -0.25) is 9.78 Å². The molecule has 2 aromatic heterocycles. The van der Waals surface area contributed by atoms with Crippen molar-refractivity contribution in [3.05, 3.63) is 71.8 Å². The topological polar surface area (TPSA) is 75.9 Å². The van der Waals surface area contributed by atoms with E-state index < -0.39 is 0 Å². The highest BCUT2D eigenvalue weighted by Gasteiger charge is 2.28. The van der Waals surface area contributed by atoms with Crippen molar-refractivity contribution in [3.63, 3.8) is 0 Å². The standard InChI is InChI=1S/C22H26N6O.ClH/c1-17-6-4-8-20(14-17)28-16-21(25-26-28)22(29)27(15-18-7-2-3-12-24-18)19-9-5-11-23-13-10-19;/h2-4,6-8,12,14,16,19,23H,5,9-11,13,15H2,1H3;1H. The van der Waals surface area contributed by atoms with Crippen molar-refractivity contribution >= 4 is 18.3 Å². The summed E-state index contributed by atoms with van der Waals surface area (Å²) in [6.07, 6.45) is 6.42. The van der Waals surface area contributed by atoms with Crippen LogP contribution in [-0.2, 0) is 6.54 Å². The van der Waals surface area contributed by atoms with E-state index in [-0.39, 0.29) is 24.4 Å². The van der Waals surface area contributed by atoms with Gasteiger partial charge in [0.25, 0.3) is 5.91 Å². The summed E-state index contributed by atoms with van der Waals surface area (Å²) in [5.41, 5.74) is 3.27. The van der Waals surface area contributed by atoms with E-state index in [1.165, 1.54) is 0 Å². The minimum absolute atomic E-state index is 0. The van der Waals surface area contributed by atoms with Crippen molar-refractivity contribution in [2.24, 2.45) is 0 Å². The SMILES string of the molecule is Cc1cccc(-n2cc(C(=O)N(Cc3ccccn3)C3CCCNCC3)nn2)c1.Cl. The van der Waals surface area contributed by atoms with Gasteiger partial charge in [0.05, 0.1) is 24.1 Å². The summed E-state index contributed by atoms with van der Waals surface area (Å²) in [5, 5.41) is 11.8. The maximum atomic E-state index is 13.4. The molecular weight excluding hydrogens is 400 g/mol. The number of amides is 1. The van der Waals surface area contributed by atoms with Gasteiger partial charge in [0, 0.05) is 12.2 Å². The summed E-state index contributed by atoms with van der Waals surface area (Å²) in [5.74, 6) is -0.0959. The molecule has 1 amide bonds. The molecule has 0 saturated carbocycles. The van der Waals surface area contributed by atoms with Crippen LogP contribution in [0.3, 0.4) is 0 Å². The lowest BCUT2D eigenvalue weighted by molar-refractivity contribution is 0.0636. The molecule has 3 aromatic rings. The number of carbonyl (C=O) groups is 1. The van der Waals surface area contributed by atoms with Gasteiger partial charge in [0.2, 0.25) is 0 Å². The molecule has 8 heteroatoms. The second-order valence-corrected chi connectivity index (χ2v) is 7.48. The van der Waals surface area contributed by atoms with E-state index in [4.69, 9.17) is 0 Å². The van der Waals surface area contributed by atoms with Gasteiger partial charge in [-0.15, -0.1) is 17.5 Å². The third-order valence-corrected chi connectivity index (χ3v) is 5.28. The molecule has 0 spiro atoms. The molecule has 1 atom stereocenters. The van der Waals surface area contributed by atoms with E-state index in [9.17, 15) is 4.79 Å². The van der Waals surface area contributed by atoms with Crippen molar-refractivity contribution in [3.8, 4) is 5.69 Å². The van der Waals surface area contributed by atoms with Crippen LogP contribution in [0.5, 0.6) is 0 Å². The zero-order valence-corrected chi connectivity index (χ0v) is 17.9. The number of nitrogens with one attached hydrogen (secondary N) is 1. The molecule has 0 radical (unpaired) electrons. The van der Waals surface area contributed by atoms with E-state index in [0.717, 1.165) is 49.3 Å². The summed E-state index contributed by atoms with van der Waals surface area (Å²) in [7, 11) is 0. The molecule has 1 aliphatic heterocycles. The molecule has 7 nitrogen and oxygen atoms in total. The Balaban J connectivity index is 0.00000256. The van der Waals surface area contributed by atoms with Crippen molar-refractivity contribution < 1.29 is 4.79 Å². The molecular formula is C22H27ClN6O. The fraction of sp³-hybridized carbons (Fsp3) is 0.364. The van der Waals surface area contributed by atoms with Crippen molar-refractivity contribution in [2.45, 2.75) is 38.8 Å². The Morgan fingerprint density at radius 2 is 2.10 bits per heavy atom. The number of rotatable bonds is 5. The predicted octanol–water partition coefficient (Wildman–Crippen LogP) is 3.18. The van der Waals surface area contributed by atoms with Crippen LogP contribution < -0.4 is 5.32 Å². The normalized spacial score (nSPS) is 16.4. The number of nitrogens with zero attached hydrogens (tertiary/aromatic N) is 5. The number of benzene rings is 1. The van der Waals surface area contributed by atoms with Crippen LogP contribution in [0.25, 0.3) is 5.69 Å². The first-order valence-electron chi connectivity index (χ1n) is 10.1. The van der Waals surface area contributed by atoms with Crippen LogP contribution >= 0.6 is 12.4 Å². The first-order valence-corrected chi connectivity index (χ1v) is 10.1. The summed E-state index contributed by atoms with van der Waals surface area (Å²) < 4.78 is 1.66. The highest BCUT2D eigenvalue weighted by atomic mass is 35.5. The van der Waals surface area contributed by atoms with Crippen LogP contribution in [0.1, 0.15) is 41.0 Å². The number of carbonyl (C=O) groups excluding carboxylic acids is 1. The summed E-state index contributed by atoms with van der Waals surface area (Å²) in [6, 6.07) is 13.9. The van der Waals surface area contributed by atoms with E-state index in [1.54, 1.807) is 17.1 Å². The van der Waals surface area contributed by atoms with Gasteiger partial charge >= 0.3 is 0 Å². The van der Waals surface area contributed by atoms with E-state index in [0.29, 0.717) is 12.2 Å². The molecule has 0 bridgehead atoms. The summed E-state index contributed by atoms with van der Waals surface area (Å²) in [6.45, 7) is 4.40. The van der Waals surface area contributed by atoms with Crippen molar-refractivity contribution in [1.82, 2.24) is 30.2 Å². The Labute approximate surface area is 182 Å². The molecule has 4 rings (SSSR count). The van der Waals surface area contributed by atoms with Crippen molar-refractivity contribution in [2.75, 3.05) is 13.1 Å². The molecule has 1 N–H and O–H groups in total. The fourth-order valence-electron chi connectivity index (χ4n) is 3.75. The smallest absolute Gasteiger partial charge is 0.276 e. The molecule has 1 saturated heterocycles. The Morgan fingerprint density at radius 3 is 2.90 bits per heavy atom. The molecule has 1 aliphatic rings. The highest BCUT2D eigenvalue weighted by molar-refractivity contribution is 5.92. The van der Waals surface area contributed by atoms with Gasteiger partial charge in [0.15, 0.2) is 5.69 Å². The second-order valence-electron chi connectivity index (χ2n) is 7.48. The third kappa shape index (κ3) is 5.23. The van der Waals surface area contributed by atoms with Crippen LogP contribution in [0.15, 0.2) is 54.9 Å². The molecule has 30 heavy (non-hydrogen) atoms. The monoisotopic (exact) mass is 426 g/mol. The number of pyridine rings is 1. The number of hydrogen-bond acceptors (Lipinski definition) is 5. The van der Waals surface area contributed by atoms with Gasteiger partial charge in [-0.05, 0) is 69.1 Å². The summed E-state index contributed by atoms with van der Waals surface area (Å²) in [4.78, 5) is 19.8. The Kier molecular flexibility index (Phi) is 7.54. The average molecular weight is 427 g/mol. The van der Waals surface area contributed by atoms with E-state index >= 15 is 0 Å². The first kappa shape index (κ1) is 21.9. The molecule has 158 valence electrons. The minimum Gasteiger partial charge on any atom is -0.328 e. The minimum atomic E-state index is -0.0959. The number of halogens is 1. The largest absolute Gasteiger partial charge is 0.328 e. The average Bonchev–Trinajstić information content (AvgIpc) is 3.09. The van der Waals surface area contributed by atoms with Gasteiger partial charge in [0.1, 0.15) is 0 Å². The zero-order chi connectivity index (χ0) is 20.1. The van der Waals surface area contributed by atoms with Gasteiger partial charge in [-0.25, -0.2) is 4.68 Å². The Morgan fingerprint density at radius 1 is 1.20 bits per heavy atom. The van der Waals surface area contributed by atoms with Gasteiger partial charge < -0.3 is 10.2 Å². The third-order valence-electron chi connectivity index (χ3n) is 5.28. The van der Waals surface area contributed by atoms with Gasteiger partial charge in [-0.2, -0.15) is 0 Å². The lowest BCUT2D eigenvalue weighted by Crippen LogP contribution is -2.40. The maximum absolute atomic E-state index is 13.4. The van der Waals surface area contributed by atoms with Crippen LogP contribution in [-0.4, -0.2) is 49.9 Å². The highest BCUT2D eigenvalue weighted by Crippen LogP contribution is 2.19. The number of aromatic nitrogens is 4. The maximum Gasteiger partial charge on any atom is 0.276 e. The number of aryl methyl sites for hydroxylation is 1. The van der Waals surface area contributed by atoms with E-state index in [1.807, 2.05) is 54.3 Å². The lowest BCUT2D eigenvalue weighted by Gasteiger charge is -2.30. The van der Waals surface area contributed by atoms with E-state index in [2.05, 4.69) is 20.6 Å². The molecule has 3 heterocycles. The van der Waals surface area contributed by atoms with Crippen LogP contribution in [0, 0.1) is 6.92 Å².